The zero-order valence-corrected chi connectivity index (χ0v) is 23.4. The molecular formula is C32H34Cl2N4O. The first kappa shape index (κ1) is 28.8. The molecule has 4 aromatic rings. The summed E-state index contributed by atoms with van der Waals surface area (Å²) in [5, 5.41) is 4.31. The van der Waals surface area contributed by atoms with Gasteiger partial charge in [0.25, 0.3) is 0 Å². The molecule has 1 aromatic heterocycles. The van der Waals surface area contributed by atoms with E-state index >= 15 is 0 Å². The molecule has 5 nitrogen and oxygen atoms in total. The Morgan fingerprint density at radius 1 is 0.744 bits per heavy atom. The lowest BCUT2D eigenvalue weighted by Gasteiger charge is -2.36. The third-order valence-electron chi connectivity index (χ3n) is 6.65. The zero-order chi connectivity index (χ0) is 27.3. The molecule has 3 aromatic carbocycles. The van der Waals surface area contributed by atoms with Crippen LogP contribution in [0.15, 0.2) is 103 Å². The van der Waals surface area contributed by atoms with Crippen molar-refractivity contribution in [3.05, 3.63) is 136 Å². The molecule has 7 heteroatoms. The summed E-state index contributed by atoms with van der Waals surface area (Å²) in [4.78, 5) is 20.2. The Bertz CT molecular complexity index is 1240. The fourth-order valence-corrected chi connectivity index (χ4v) is 5.27. The molecule has 0 aliphatic carbocycles. The van der Waals surface area contributed by atoms with Crippen LogP contribution in [0.3, 0.4) is 0 Å². The number of benzene rings is 3. The first-order valence-electron chi connectivity index (χ1n) is 13.1. The number of pyridine rings is 1. The number of hydrogen-bond acceptors (Lipinski definition) is 4. The van der Waals surface area contributed by atoms with Crippen molar-refractivity contribution >= 4 is 29.6 Å². The molecule has 1 amide bonds. The summed E-state index contributed by atoms with van der Waals surface area (Å²) >= 11 is 12.7. The number of rotatable bonds is 15. The summed E-state index contributed by atoms with van der Waals surface area (Å²) in [6.45, 7) is 4.34. The van der Waals surface area contributed by atoms with Crippen molar-refractivity contribution in [1.29, 1.82) is 0 Å². The quantitative estimate of drug-likeness (QED) is 0.138. The molecule has 1 unspecified atom stereocenters. The second-order valence-electron chi connectivity index (χ2n) is 9.67. The monoisotopic (exact) mass is 560 g/mol. The number of amides is 1. The number of nitrogens with zero attached hydrogens (tertiary/aromatic N) is 3. The Morgan fingerprint density at radius 2 is 1.36 bits per heavy atom. The van der Waals surface area contributed by atoms with Gasteiger partial charge in [-0.2, -0.15) is 0 Å². The summed E-state index contributed by atoms with van der Waals surface area (Å²) in [5.74, 6) is 0. The molecule has 0 fully saturated rings. The smallest absolute Gasteiger partial charge is 0.207 e. The summed E-state index contributed by atoms with van der Waals surface area (Å²) < 4.78 is 0. The predicted molar refractivity (Wildman–Crippen MR) is 160 cm³/mol. The van der Waals surface area contributed by atoms with Gasteiger partial charge < -0.3 is 5.32 Å². The van der Waals surface area contributed by atoms with Gasteiger partial charge in [-0.15, -0.1) is 0 Å². The molecule has 0 bridgehead atoms. The molecule has 0 aliphatic heterocycles. The third-order valence-corrected chi connectivity index (χ3v) is 7.12. The zero-order valence-electron chi connectivity index (χ0n) is 21.9. The van der Waals surface area contributed by atoms with Crippen molar-refractivity contribution < 1.29 is 4.79 Å². The Kier molecular flexibility index (Phi) is 11.4. The van der Waals surface area contributed by atoms with Crippen LogP contribution in [-0.2, 0) is 30.8 Å². The van der Waals surface area contributed by atoms with Gasteiger partial charge in [-0.25, -0.2) is 0 Å². The highest BCUT2D eigenvalue weighted by atomic mass is 35.5. The van der Waals surface area contributed by atoms with E-state index in [-0.39, 0.29) is 6.04 Å². The highest BCUT2D eigenvalue weighted by Crippen LogP contribution is 2.20. The number of nitrogens with one attached hydrogen (secondary N) is 1. The van der Waals surface area contributed by atoms with Crippen LogP contribution in [0.25, 0.3) is 0 Å². The van der Waals surface area contributed by atoms with Crippen LogP contribution in [0.4, 0.5) is 0 Å². The highest BCUT2D eigenvalue weighted by molar-refractivity contribution is 6.30. The minimum Gasteiger partial charge on any atom is -0.357 e. The largest absolute Gasteiger partial charge is 0.357 e. The van der Waals surface area contributed by atoms with Crippen molar-refractivity contribution in [3.8, 4) is 0 Å². The van der Waals surface area contributed by atoms with E-state index in [0.717, 1.165) is 66.7 Å². The number of aromatic nitrogens is 1. The van der Waals surface area contributed by atoms with Crippen molar-refractivity contribution in [3.63, 3.8) is 0 Å². The van der Waals surface area contributed by atoms with Gasteiger partial charge >= 0.3 is 0 Å². The molecule has 0 radical (unpaired) electrons. The molecule has 4 rings (SSSR count). The minimum absolute atomic E-state index is 0.174. The summed E-state index contributed by atoms with van der Waals surface area (Å²) in [5.41, 5.74) is 4.78. The Morgan fingerprint density at radius 3 is 1.95 bits per heavy atom. The lowest BCUT2D eigenvalue weighted by molar-refractivity contribution is -0.109. The lowest BCUT2D eigenvalue weighted by atomic mass is 10.0. The molecule has 1 heterocycles. The first-order chi connectivity index (χ1) is 19.1. The van der Waals surface area contributed by atoms with Crippen LogP contribution in [0.1, 0.15) is 22.3 Å². The summed E-state index contributed by atoms with van der Waals surface area (Å²) in [6, 6.07) is 31.0. The predicted octanol–water partition coefficient (Wildman–Crippen LogP) is 6.25. The Balaban J connectivity index is 1.65. The van der Waals surface area contributed by atoms with E-state index in [9.17, 15) is 4.79 Å². The molecule has 1 N–H and O–H groups in total. The van der Waals surface area contributed by atoms with E-state index in [1.54, 1.807) is 0 Å². The van der Waals surface area contributed by atoms with E-state index in [1.807, 2.05) is 54.9 Å². The van der Waals surface area contributed by atoms with Crippen LogP contribution >= 0.6 is 23.2 Å². The SMILES string of the molecule is O=CNCCN(Cc1ccncc1)C(Cc1ccccc1)CN(Cc1cccc(Cl)c1)Cc1cccc(Cl)c1. The van der Waals surface area contributed by atoms with E-state index in [1.165, 1.54) is 11.1 Å². The molecule has 0 aliphatic rings. The standard InChI is InChI=1S/C32H34Cl2N4O/c33-30-10-4-8-28(18-30)21-37(22-29-9-5-11-31(34)19-29)24-32(20-26-6-2-1-3-7-26)38(17-16-36-25-39)23-27-12-14-35-15-13-27/h1-15,18-19,25,32H,16-17,20-24H2,(H,36,39). The van der Waals surface area contributed by atoms with Crippen LogP contribution < -0.4 is 5.32 Å². The van der Waals surface area contributed by atoms with E-state index in [0.29, 0.717) is 6.54 Å². The summed E-state index contributed by atoms with van der Waals surface area (Å²) in [6.07, 6.45) is 5.29. The van der Waals surface area contributed by atoms with Gasteiger partial charge in [0.2, 0.25) is 6.41 Å². The fourth-order valence-electron chi connectivity index (χ4n) is 4.85. The Labute approximate surface area is 241 Å². The molecule has 0 saturated carbocycles. The molecule has 1 atom stereocenters. The molecule has 39 heavy (non-hydrogen) atoms. The lowest BCUT2D eigenvalue weighted by Crippen LogP contribution is -2.47. The van der Waals surface area contributed by atoms with Crippen molar-refractivity contribution in [1.82, 2.24) is 20.1 Å². The maximum Gasteiger partial charge on any atom is 0.207 e. The van der Waals surface area contributed by atoms with Crippen LogP contribution in [0, 0.1) is 0 Å². The molecular weight excluding hydrogens is 527 g/mol. The van der Waals surface area contributed by atoms with Gasteiger partial charge in [0, 0.05) is 67.7 Å². The molecule has 202 valence electrons. The molecule has 0 spiro atoms. The van der Waals surface area contributed by atoms with E-state index in [2.05, 4.69) is 68.6 Å². The van der Waals surface area contributed by atoms with Gasteiger partial charge in [-0.05, 0) is 65.1 Å². The highest BCUT2D eigenvalue weighted by Gasteiger charge is 2.23. The van der Waals surface area contributed by atoms with Gasteiger partial charge in [0.15, 0.2) is 0 Å². The van der Waals surface area contributed by atoms with Crippen molar-refractivity contribution in [2.75, 3.05) is 19.6 Å². The van der Waals surface area contributed by atoms with E-state index in [4.69, 9.17) is 23.2 Å². The van der Waals surface area contributed by atoms with Gasteiger partial charge in [0.1, 0.15) is 0 Å². The number of carbonyl (C=O) groups excluding carboxylic acids is 1. The van der Waals surface area contributed by atoms with Crippen LogP contribution in [-0.4, -0.2) is 46.9 Å². The maximum atomic E-state index is 11.1. The summed E-state index contributed by atoms with van der Waals surface area (Å²) in [7, 11) is 0. The van der Waals surface area contributed by atoms with Gasteiger partial charge in [-0.3, -0.25) is 19.6 Å². The van der Waals surface area contributed by atoms with Crippen molar-refractivity contribution in [2.24, 2.45) is 0 Å². The van der Waals surface area contributed by atoms with Gasteiger partial charge in [-0.1, -0.05) is 77.8 Å². The third kappa shape index (κ3) is 9.79. The minimum atomic E-state index is 0.174. The topological polar surface area (TPSA) is 48.5 Å². The van der Waals surface area contributed by atoms with Crippen molar-refractivity contribution in [2.45, 2.75) is 32.1 Å². The second kappa shape index (κ2) is 15.4. The number of carbonyl (C=O) groups is 1. The number of halogens is 2. The maximum absolute atomic E-state index is 11.1. The molecule has 0 saturated heterocycles. The van der Waals surface area contributed by atoms with Crippen LogP contribution in [0.5, 0.6) is 0 Å². The second-order valence-corrected chi connectivity index (χ2v) is 10.5. The fraction of sp³-hybridized carbons (Fsp3) is 0.250. The average Bonchev–Trinajstić information content (AvgIpc) is 2.93. The average molecular weight is 562 g/mol. The van der Waals surface area contributed by atoms with Gasteiger partial charge in [0.05, 0.1) is 0 Å². The van der Waals surface area contributed by atoms with Crippen LogP contribution in [0.2, 0.25) is 10.0 Å². The first-order valence-corrected chi connectivity index (χ1v) is 13.9. The Hall–Kier alpha value is -3.22. The van der Waals surface area contributed by atoms with E-state index < -0.39 is 0 Å². The number of hydrogen-bond donors (Lipinski definition) is 1. The normalized spacial score (nSPS) is 12.0.